The van der Waals surface area contributed by atoms with E-state index < -0.39 is 5.54 Å². The highest BCUT2D eigenvalue weighted by Gasteiger charge is 2.41. The lowest BCUT2D eigenvalue weighted by molar-refractivity contribution is -0.128. The summed E-state index contributed by atoms with van der Waals surface area (Å²) in [6.07, 6.45) is 2.93. The molecular formula is C13H20N4O2. The minimum atomic E-state index is -0.802. The Labute approximate surface area is 112 Å². The number of nitrogens with one attached hydrogen (secondary N) is 3. The van der Waals surface area contributed by atoms with Crippen molar-refractivity contribution >= 4 is 11.8 Å². The van der Waals surface area contributed by atoms with Gasteiger partial charge in [0.1, 0.15) is 11.2 Å². The SMILES string of the molecule is CNC(=O)C1(NC(=O)c2ccc[nH]2)CCN(C)CC1. The molecule has 2 amide bonds. The van der Waals surface area contributed by atoms with Crippen LogP contribution in [-0.4, -0.2) is 54.4 Å². The van der Waals surface area contributed by atoms with Gasteiger partial charge in [-0.25, -0.2) is 0 Å². The number of hydrogen-bond acceptors (Lipinski definition) is 3. The molecule has 0 bridgehead atoms. The number of nitrogens with zero attached hydrogens (tertiary/aromatic N) is 1. The zero-order valence-corrected chi connectivity index (χ0v) is 11.3. The first kappa shape index (κ1) is 13.6. The smallest absolute Gasteiger partial charge is 0.268 e. The normalized spacial score (nSPS) is 18.8. The first-order chi connectivity index (χ1) is 9.07. The Morgan fingerprint density at radius 2 is 2.05 bits per heavy atom. The van der Waals surface area contributed by atoms with E-state index in [1.54, 1.807) is 25.4 Å². The molecule has 1 aliphatic heterocycles. The Kier molecular flexibility index (Phi) is 3.90. The van der Waals surface area contributed by atoms with Crippen LogP contribution in [0.2, 0.25) is 0 Å². The summed E-state index contributed by atoms with van der Waals surface area (Å²) in [4.78, 5) is 29.3. The lowest BCUT2D eigenvalue weighted by Crippen LogP contribution is -2.62. The number of carbonyl (C=O) groups excluding carboxylic acids is 2. The maximum Gasteiger partial charge on any atom is 0.268 e. The summed E-state index contributed by atoms with van der Waals surface area (Å²) < 4.78 is 0. The fourth-order valence-corrected chi connectivity index (χ4v) is 2.40. The summed E-state index contributed by atoms with van der Waals surface area (Å²) in [5.41, 5.74) is -0.328. The van der Waals surface area contributed by atoms with Crippen LogP contribution in [0.1, 0.15) is 23.3 Å². The molecule has 6 heteroatoms. The zero-order chi connectivity index (χ0) is 13.9. The Hall–Kier alpha value is -1.82. The van der Waals surface area contributed by atoms with E-state index in [0.717, 1.165) is 13.1 Å². The third-order valence-electron chi connectivity index (χ3n) is 3.70. The quantitative estimate of drug-likeness (QED) is 0.716. The van der Waals surface area contributed by atoms with E-state index >= 15 is 0 Å². The van der Waals surface area contributed by atoms with Crippen molar-refractivity contribution in [3.05, 3.63) is 24.0 Å². The molecule has 0 radical (unpaired) electrons. The average molecular weight is 264 g/mol. The first-order valence-electron chi connectivity index (χ1n) is 6.44. The number of likely N-dealkylation sites (N-methyl/N-ethyl adjacent to an activating group) is 1. The molecule has 1 saturated heterocycles. The lowest BCUT2D eigenvalue weighted by Gasteiger charge is -2.39. The summed E-state index contributed by atoms with van der Waals surface area (Å²) in [5, 5.41) is 5.56. The number of H-pyrrole nitrogens is 1. The van der Waals surface area contributed by atoms with E-state index in [1.807, 2.05) is 7.05 Å². The predicted octanol–water partition coefficient (Wildman–Crippen LogP) is -0.0451. The second kappa shape index (κ2) is 5.44. The van der Waals surface area contributed by atoms with Crippen LogP contribution in [0.15, 0.2) is 18.3 Å². The number of hydrogen-bond donors (Lipinski definition) is 3. The van der Waals surface area contributed by atoms with E-state index in [1.165, 1.54) is 0 Å². The molecule has 19 heavy (non-hydrogen) atoms. The van der Waals surface area contributed by atoms with Crippen molar-refractivity contribution in [3.8, 4) is 0 Å². The second-order valence-electron chi connectivity index (χ2n) is 5.00. The van der Waals surface area contributed by atoms with Gasteiger partial charge >= 0.3 is 0 Å². The van der Waals surface area contributed by atoms with Crippen LogP contribution in [0.4, 0.5) is 0 Å². The summed E-state index contributed by atoms with van der Waals surface area (Å²) in [6.45, 7) is 1.58. The van der Waals surface area contributed by atoms with E-state index in [2.05, 4.69) is 20.5 Å². The number of aromatic nitrogens is 1. The molecule has 0 aliphatic carbocycles. The summed E-state index contributed by atoms with van der Waals surface area (Å²) in [5.74, 6) is -0.362. The van der Waals surface area contributed by atoms with E-state index in [9.17, 15) is 9.59 Å². The highest BCUT2D eigenvalue weighted by atomic mass is 16.2. The molecule has 2 rings (SSSR count). The number of piperidine rings is 1. The Bertz CT molecular complexity index is 447. The molecule has 1 fully saturated rings. The maximum absolute atomic E-state index is 12.1. The number of carbonyl (C=O) groups is 2. The standard InChI is InChI=1S/C13H20N4O2/c1-14-12(19)13(5-8-17(2)9-6-13)16-11(18)10-4-3-7-15-10/h3-4,7,15H,5-6,8-9H2,1-2H3,(H,14,19)(H,16,18). The first-order valence-corrected chi connectivity index (χ1v) is 6.44. The van der Waals surface area contributed by atoms with Crippen LogP contribution in [-0.2, 0) is 4.79 Å². The summed E-state index contributed by atoms with van der Waals surface area (Å²) in [7, 11) is 3.61. The third kappa shape index (κ3) is 2.78. The van der Waals surface area contributed by atoms with Crippen LogP contribution in [0.5, 0.6) is 0 Å². The molecule has 104 valence electrons. The van der Waals surface area contributed by atoms with Crippen molar-refractivity contribution in [2.45, 2.75) is 18.4 Å². The van der Waals surface area contributed by atoms with Gasteiger partial charge in [0, 0.05) is 26.3 Å². The monoisotopic (exact) mass is 264 g/mol. The molecule has 1 aromatic rings. The highest BCUT2D eigenvalue weighted by Crippen LogP contribution is 2.22. The van der Waals surface area contributed by atoms with E-state index in [0.29, 0.717) is 18.5 Å². The van der Waals surface area contributed by atoms with Crippen molar-refractivity contribution in [2.75, 3.05) is 27.2 Å². The molecule has 0 spiro atoms. The molecule has 3 N–H and O–H groups in total. The minimum Gasteiger partial charge on any atom is -0.357 e. The van der Waals surface area contributed by atoms with Crippen molar-refractivity contribution in [1.82, 2.24) is 20.5 Å². The predicted molar refractivity (Wildman–Crippen MR) is 71.8 cm³/mol. The van der Waals surface area contributed by atoms with Crippen molar-refractivity contribution in [2.24, 2.45) is 0 Å². The molecule has 1 aliphatic rings. The molecule has 1 aromatic heterocycles. The maximum atomic E-state index is 12.1. The van der Waals surface area contributed by atoms with Gasteiger partial charge in [-0.05, 0) is 32.0 Å². The highest BCUT2D eigenvalue weighted by molar-refractivity contribution is 5.98. The van der Waals surface area contributed by atoms with Gasteiger partial charge in [-0.1, -0.05) is 0 Å². The number of amides is 2. The number of rotatable bonds is 3. The van der Waals surface area contributed by atoms with Crippen LogP contribution in [0.3, 0.4) is 0 Å². The topological polar surface area (TPSA) is 77.2 Å². The van der Waals surface area contributed by atoms with Crippen LogP contribution in [0, 0.1) is 0 Å². The van der Waals surface area contributed by atoms with Gasteiger partial charge in [0.15, 0.2) is 0 Å². The molecule has 6 nitrogen and oxygen atoms in total. The van der Waals surface area contributed by atoms with Gasteiger partial charge in [0.25, 0.3) is 5.91 Å². The van der Waals surface area contributed by atoms with Gasteiger partial charge in [0.05, 0.1) is 0 Å². The largest absolute Gasteiger partial charge is 0.357 e. The van der Waals surface area contributed by atoms with Gasteiger partial charge < -0.3 is 20.5 Å². The molecule has 0 atom stereocenters. The van der Waals surface area contributed by atoms with Crippen molar-refractivity contribution in [1.29, 1.82) is 0 Å². The zero-order valence-electron chi connectivity index (χ0n) is 11.3. The minimum absolute atomic E-state index is 0.125. The van der Waals surface area contributed by atoms with Crippen LogP contribution >= 0.6 is 0 Å². The lowest BCUT2D eigenvalue weighted by atomic mass is 9.86. The Morgan fingerprint density at radius 1 is 1.37 bits per heavy atom. The van der Waals surface area contributed by atoms with Gasteiger partial charge in [-0.3, -0.25) is 9.59 Å². The molecule has 0 unspecified atom stereocenters. The summed E-state index contributed by atoms with van der Waals surface area (Å²) in [6, 6.07) is 3.46. The molecular weight excluding hydrogens is 244 g/mol. The van der Waals surface area contributed by atoms with E-state index in [-0.39, 0.29) is 11.8 Å². The average Bonchev–Trinajstić information content (AvgIpc) is 2.95. The van der Waals surface area contributed by atoms with Crippen LogP contribution in [0.25, 0.3) is 0 Å². The van der Waals surface area contributed by atoms with Gasteiger partial charge in [-0.2, -0.15) is 0 Å². The number of likely N-dealkylation sites (tertiary alicyclic amines) is 1. The molecule has 2 heterocycles. The summed E-state index contributed by atoms with van der Waals surface area (Å²) >= 11 is 0. The van der Waals surface area contributed by atoms with Gasteiger partial charge in [0.2, 0.25) is 5.91 Å². The van der Waals surface area contributed by atoms with Crippen LogP contribution < -0.4 is 10.6 Å². The number of aromatic amines is 1. The second-order valence-corrected chi connectivity index (χ2v) is 5.00. The van der Waals surface area contributed by atoms with E-state index in [4.69, 9.17) is 0 Å². The molecule has 0 aromatic carbocycles. The van der Waals surface area contributed by atoms with Crippen molar-refractivity contribution < 1.29 is 9.59 Å². The molecule has 0 saturated carbocycles. The van der Waals surface area contributed by atoms with Crippen molar-refractivity contribution in [3.63, 3.8) is 0 Å². The van der Waals surface area contributed by atoms with Gasteiger partial charge in [-0.15, -0.1) is 0 Å². The fourth-order valence-electron chi connectivity index (χ4n) is 2.40. The Morgan fingerprint density at radius 3 is 2.58 bits per heavy atom. The third-order valence-corrected chi connectivity index (χ3v) is 3.70. The Balaban J connectivity index is 2.15. The fraction of sp³-hybridized carbons (Fsp3) is 0.538.